The number of thioether (sulfide) groups is 1. The molecular weight excluding hydrogens is 343 g/mol. The molecule has 1 saturated heterocycles. The van der Waals surface area contributed by atoms with E-state index in [1.807, 2.05) is 0 Å². The molecule has 0 N–H and O–H groups in total. The first-order chi connectivity index (χ1) is 8.89. The van der Waals surface area contributed by atoms with Crippen LogP contribution in [-0.4, -0.2) is 35.4 Å². The van der Waals surface area contributed by atoms with E-state index in [1.54, 1.807) is 16.7 Å². The zero-order valence-electron chi connectivity index (χ0n) is 9.84. The normalized spacial score (nSPS) is 16.5. The molecule has 7 heteroatoms. The van der Waals surface area contributed by atoms with Gasteiger partial charge in [-0.2, -0.15) is 24.9 Å². The van der Waals surface area contributed by atoms with E-state index in [9.17, 15) is 18.0 Å². The van der Waals surface area contributed by atoms with E-state index >= 15 is 0 Å². The van der Waals surface area contributed by atoms with Crippen molar-refractivity contribution in [3.8, 4) is 0 Å². The van der Waals surface area contributed by atoms with Crippen LogP contribution >= 0.6 is 27.7 Å². The molecule has 1 heterocycles. The molecule has 2 rings (SSSR count). The average Bonchev–Trinajstić information content (AvgIpc) is 2.37. The van der Waals surface area contributed by atoms with Crippen molar-refractivity contribution in [1.29, 1.82) is 0 Å². The summed E-state index contributed by atoms with van der Waals surface area (Å²) in [5.41, 5.74) is -0.481. The number of carbonyl (C=O) groups excluding carboxylic acids is 1. The molecule has 0 aliphatic carbocycles. The SMILES string of the molecule is O=C(c1ccc(C(F)(F)F)c(Br)c1)N1CCSCC1. The molecule has 19 heavy (non-hydrogen) atoms. The predicted molar refractivity (Wildman–Crippen MR) is 72.4 cm³/mol. The summed E-state index contributed by atoms with van der Waals surface area (Å²) >= 11 is 4.65. The highest BCUT2D eigenvalue weighted by atomic mass is 79.9. The average molecular weight is 354 g/mol. The highest BCUT2D eigenvalue weighted by molar-refractivity contribution is 9.10. The Morgan fingerprint density at radius 1 is 1.26 bits per heavy atom. The number of benzene rings is 1. The van der Waals surface area contributed by atoms with E-state index in [0.717, 1.165) is 17.6 Å². The van der Waals surface area contributed by atoms with Crippen molar-refractivity contribution in [2.75, 3.05) is 24.6 Å². The molecule has 0 aromatic heterocycles. The second-order valence-corrected chi connectivity index (χ2v) is 6.18. The quantitative estimate of drug-likeness (QED) is 0.767. The Kier molecular flexibility index (Phi) is 4.45. The molecule has 1 aromatic carbocycles. The zero-order valence-corrected chi connectivity index (χ0v) is 12.2. The molecule has 1 amide bonds. The van der Waals surface area contributed by atoms with E-state index in [4.69, 9.17) is 0 Å². The fourth-order valence-corrected chi connectivity index (χ4v) is 3.33. The lowest BCUT2D eigenvalue weighted by Crippen LogP contribution is -2.37. The minimum Gasteiger partial charge on any atom is -0.337 e. The maximum Gasteiger partial charge on any atom is 0.417 e. The Labute approximate surface area is 121 Å². The van der Waals surface area contributed by atoms with Gasteiger partial charge in [0, 0.05) is 34.6 Å². The molecular formula is C12H11BrF3NOS. The first-order valence-electron chi connectivity index (χ1n) is 5.63. The lowest BCUT2D eigenvalue weighted by atomic mass is 10.1. The third-order valence-electron chi connectivity index (χ3n) is 2.82. The van der Waals surface area contributed by atoms with E-state index in [-0.39, 0.29) is 15.9 Å². The van der Waals surface area contributed by atoms with E-state index in [2.05, 4.69) is 15.9 Å². The van der Waals surface area contributed by atoms with Gasteiger partial charge in [0.25, 0.3) is 5.91 Å². The van der Waals surface area contributed by atoms with Gasteiger partial charge in [0.1, 0.15) is 0 Å². The highest BCUT2D eigenvalue weighted by Crippen LogP contribution is 2.35. The van der Waals surface area contributed by atoms with Crippen LogP contribution < -0.4 is 0 Å². The van der Waals surface area contributed by atoms with Crippen LogP contribution in [0.25, 0.3) is 0 Å². The summed E-state index contributed by atoms with van der Waals surface area (Å²) in [7, 11) is 0. The van der Waals surface area contributed by atoms with Crippen molar-refractivity contribution >= 4 is 33.6 Å². The molecule has 0 atom stereocenters. The maximum absolute atomic E-state index is 12.6. The van der Waals surface area contributed by atoms with E-state index in [0.29, 0.717) is 13.1 Å². The largest absolute Gasteiger partial charge is 0.417 e. The van der Waals surface area contributed by atoms with Gasteiger partial charge in [0.05, 0.1) is 5.56 Å². The van der Waals surface area contributed by atoms with Crippen molar-refractivity contribution in [1.82, 2.24) is 4.90 Å². The van der Waals surface area contributed by atoms with Crippen LogP contribution in [0.15, 0.2) is 22.7 Å². The van der Waals surface area contributed by atoms with Crippen molar-refractivity contribution in [2.45, 2.75) is 6.18 Å². The summed E-state index contributed by atoms with van der Waals surface area (Å²) < 4.78 is 37.7. The number of hydrogen-bond acceptors (Lipinski definition) is 2. The fraction of sp³-hybridized carbons (Fsp3) is 0.417. The Bertz CT molecular complexity index is 486. The van der Waals surface area contributed by atoms with Crippen LogP contribution in [0.3, 0.4) is 0 Å². The Morgan fingerprint density at radius 3 is 2.42 bits per heavy atom. The fourth-order valence-electron chi connectivity index (χ4n) is 1.83. The van der Waals surface area contributed by atoms with Crippen molar-refractivity contribution in [2.24, 2.45) is 0 Å². The molecule has 104 valence electrons. The van der Waals surface area contributed by atoms with Gasteiger partial charge in [0.15, 0.2) is 0 Å². The summed E-state index contributed by atoms with van der Waals surface area (Å²) in [5, 5.41) is 0. The van der Waals surface area contributed by atoms with Crippen LogP contribution in [0.4, 0.5) is 13.2 Å². The maximum atomic E-state index is 12.6. The standard InChI is InChI=1S/C12H11BrF3NOS/c13-10-7-8(1-2-9(10)12(14,15)16)11(18)17-3-5-19-6-4-17/h1-2,7H,3-6H2. The van der Waals surface area contributed by atoms with Crippen LogP contribution in [0.5, 0.6) is 0 Å². The summed E-state index contributed by atoms with van der Waals surface area (Å²) in [6, 6.07) is 3.42. The first kappa shape index (κ1) is 14.7. The van der Waals surface area contributed by atoms with Crippen LogP contribution in [0, 0.1) is 0 Å². The van der Waals surface area contributed by atoms with Gasteiger partial charge in [-0.25, -0.2) is 0 Å². The molecule has 0 spiro atoms. The second-order valence-electron chi connectivity index (χ2n) is 4.10. The van der Waals surface area contributed by atoms with Crippen LogP contribution in [0.1, 0.15) is 15.9 Å². The van der Waals surface area contributed by atoms with Gasteiger partial charge in [0.2, 0.25) is 0 Å². The van der Waals surface area contributed by atoms with Gasteiger partial charge in [-0.1, -0.05) is 15.9 Å². The van der Waals surface area contributed by atoms with E-state index in [1.165, 1.54) is 12.1 Å². The lowest BCUT2D eigenvalue weighted by Gasteiger charge is -2.26. The lowest BCUT2D eigenvalue weighted by molar-refractivity contribution is -0.138. The summed E-state index contributed by atoms with van der Waals surface area (Å²) in [6.07, 6.45) is -4.41. The monoisotopic (exact) mass is 353 g/mol. The molecule has 1 aliphatic rings. The molecule has 0 saturated carbocycles. The highest BCUT2D eigenvalue weighted by Gasteiger charge is 2.33. The number of nitrogens with zero attached hydrogens (tertiary/aromatic N) is 1. The van der Waals surface area contributed by atoms with Crippen LogP contribution in [-0.2, 0) is 6.18 Å². The Morgan fingerprint density at radius 2 is 1.89 bits per heavy atom. The topological polar surface area (TPSA) is 20.3 Å². The Balaban J connectivity index is 2.22. The predicted octanol–water partition coefficient (Wildman–Crippen LogP) is 3.66. The molecule has 0 bridgehead atoms. The number of alkyl halides is 3. The van der Waals surface area contributed by atoms with Gasteiger partial charge >= 0.3 is 6.18 Å². The molecule has 0 unspecified atom stereocenters. The third-order valence-corrected chi connectivity index (χ3v) is 4.42. The van der Waals surface area contributed by atoms with Crippen molar-refractivity contribution in [3.05, 3.63) is 33.8 Å². The number of halogens is 4. The minimum atomic E-state index is -4.41. The first-order valence-corrected chi connectivity index (χ1v) is 7.58. The van der Waals surface area contributed by atoms with Crippen molar-refractivity contribution in [3.63, 3.8) is 0 Å². The third kappa shape index (κ3) is 3.45. The number of amides is 1. The molecule has 1 aliphatic heterocycles. The molecule has 2 nitrogen and oxygen atoms in total. The summed E-state index contributed by atoms with van der Waals surface area (Å²) in [5.74, 6) is 1.52. The van der Waals surface area contributed by atoms with Crippen molar-refractivity contribution < 1.29 is 18.0 Å². The Hall–Kier alpha value is -0.690. The van der Waals surface area contributed by atoms with Gasteiger partial charge in [-0.05, 0) is 18.2 Å². The smallest absolute Gasteiger partial charge is 0.337 e. The second kappa shape index (κ2) is 5.75. The van der Waals surface area contributed by atoms with Gasteiger partial charge in [-0.3, -0.25) is 4.79 Å². The van der Waals surface area contributed by atoms with E-state index < -0.39 is 11.7 Å². The number of carbonyl (C=O) groups is 1. The summed E-state index contributed by atoms with van der Waals surface area (Å²) in [6.45, 7) is 1.28. The molecule has 1 fully saturated rings. The van der Waals surface area contributed by atoms with Gasteiger partial charge < -0.3 is 4.90 Å². The minimum absolute atomic E-state index is 0.0998. The van der Waals surface area contributed by atoms with Gasteiger partial charge in [-0.15, -0.1) is 0 Å². The molecule has 0 radical (unpaired) electrons. The van der Waals surface area contributed by atoms with Crippen LogP contribution in [0.2, 0.25) is 0 Å². The molecule has 1 aromatic rings. The number of rotatable bonds is 1. The number of hydrogen-bond donors (Lipinski definition) is 0. The zero-order chi connectivity index (χ0) is 14.0. The summed E-state index contributed by atoms with van der Waals surface area (Å²) in [4.78, 5) is 13.8.